The SMILES string of the molecule is COC(=O)C(NC(=O)C1CC2CCC1N2)C(C)C. The maximum Gasteiger partial charge on any atom is 0.328 e. The third-order valence-corrected chi connectivity index (χ3v) is 4.06. The van der Waals surface area contributed by atoms with Crippen molar-refractivity contribution in [2.24, 2.45) is 11.8 Å². The molecule has 5 heteroatoms. The van der Waals surface area contributed by atoms with Crippen LogP contribution in [0.15, 0.2) is 0 Å². The first-order chi connectivity index (χ1) is 8.52. The van der Waals surface area contributed by atoms with E-state index in [1.54, 1.807) is 0 Å². The first-order valence-corrected chi connectivity index (χ1v) is 6.67. The van der Waals surface area contributed by atoms with Gasteiger partial charge in [0.1, 0.15) is 6.04 Å². The van der Waals surface area contributed by atoms with E-state index < -0.39 is 6.04 Å². The molecule has 2 bridgehead atoms. The number of hydrogen-bond acceptors (Lipinski definition) is 4. The molecule has 102 valence electrons. The van der Waals surface area contributed by atoms with Crippen LogP contribution in [0.25, 0.3) is 0 Å². The Kier molecular flexibility index (Phi) is 3.90. The molecule has 0 saturated carbocycles. The second kappa shape index (κ2) is 5.26. The van der Waals surface area contributed by atoms with Gasteiger partial charge in [-0.15, -0.1) is 0 Å². The molecule has 5 nitrogen and oxygen atoms in total. The number of fused-ring (bicyclic) bond motifs is 2. The van der Waals surface area contributed by atoms with Crippen LogP contribution in [0.5, 0.6) is 0 Å². The van der Waals surface area contributed by atoms with Gasteiger partial charge >= 0.3 is 5.97 Å². The Labute approximate surface area is 108 Å². The van der Waals surface area contributed by atoms with Gasteiger partial charge in [-0.1, -0.05) is 13.8 Å². The molecule has 4 atom stereocenters. The molecule has 2 fully saturated rings. The van der Waals surface area contributed by atoms with Gasteiger partial charge in [0.15, 0.2) is 0 Å². The van der Waals surface area contributed by atoms with E-state index in [0.717, 1.165) is 12.8 Å². The molecular weight excluding hydrogens is 232 g/mol. The van der Waals surface area contributed by atoms with Crippen molar-refractivity contribution in [2.75, 3.05) is 7.11 Å². The number of ether oxygens (including phenoxy) is 1. The molecule has 0 spiro atoms. The zero-order valence-electron chi connectivity index (χ0n) is 11.2. The summed E-state index contributed by atoms with van der Waals surface area (Å²) in [6, 6.07) is 0.239. The Balaban J connectivity index is 1.95. The number of nitrogens with one attached hydrogen (secondary N) is 2. The molecule has 4 unspecified atom stereocenters. The van der Waals surface area contributed by atoms with Crippen LogP contribution in [0.3, 0.4) is 0 Å². The van der Waals surface area contributed by atoms with Gasteiger partial charge in [-0.3, -0.25) is 4.79 Å². The quantitative estimate of drug-likeness (QED) is 0.714. The van der Waals surface area contributed by atoms with Gasteiger partial charge in [0.2, 0.25) is 5.91 Å². The maximum atomic E-state index is 12.2. The summed E-state index contributed by atoms with van der Waals surface area (Å²) in [5.74, 6) is -0.337. The highest BCUT2D eigenvalue weighted by molar-refractivity contribution is 5.86. The summed E-state index contributed by atoms with van der Waals surface area (Å²) in [4.78, 5) is 23.8. The average Bonchev–Trinajstić information content (AvgIpc) is 2.96. The predicted molar refractivity (Wildman–Crippen MR) is 66.8 cm³/mol. The van der Waals surface area contributed by atoms with Crippen LogP contribution in [-0.2, 0) is 14.3 Å². The van der Waals surface area contributed by atoms with Crippen molar-refractivity contribution >= 4 is 11.9 Å². The lowest BCUT2D eigenvalue weighted by Gasteiger charge is -2.24. The molecule has 0 aromatic rings. The van der Waals surface area contributed by atoms with Crippen LogP contribution in [-0.4, -0.2) is 37.1 Å². The third-order valence-electron chi connectivity index (χ3n) is 4.06. The number of hydrogen-bond donors (Lipinski definition) is 2. The topological polar surface area (TPSA) is 67.4 Å². The lowest BCUT2D eigenvalue weighted by Crippen LogP contribution is -2.49. The van der Waals surface area contributed by atoms with E-state index in [1.165, 1.54) is 13.5 Å². The highest BCUT2D eigenvalue weighted by Gasteiger charge is 2.43. The van der Waals surface area contributed by atoms with Gasteiger partial charge < -0.3 is 15.4 Å². The minimum atomic E-state index is -0.540. The maximum absolute atomic E-state index is 12.2. The van der Waals surface area contributed by atoms with Crippen molar-refractivity contribution in [1.29, 1.82) is 0 Å². The summed E-state index contributed by atoms with van der Waals surface area (Å²) < 4.78 is 4.73. The van der Waals surface area contributed by atoms with Crippen molar-refractivity contribution in [2.45, 2.75) is 51.2 Å². The molecule has 0 aliphatic carbocycles. The van der Waals surface area contributed by atoms with Gasteiger partial charge in [-0.05, 0) is 25.2 Å². The minimum absolute atomic E-state index is 0.00894. The second-order valence-electron chi connectivity index (χ2n) is 5.64. The fraction of sp³-hybridized carbons (Fsp3) is 0.846. The van der Waals surface area contributed by atoms with E-state index in [0.29, 0.717) is 12.1 Å². The highest BCUT2D eigenvalue weighted by atomic mass is 16.5. The molecule has 2 aliphatic rings. The summed E-state index contributed by atoms with van der Waals surface area (Å²) in [7, 11) is 1.35. The molecule has 2 heterocycles. The van der Waals surface area contributed by atoms with Crippen LogP contribution in [0.4, 0.5) is 0 Å². The van der Waals surface area contributed by atoms with E-state index >= 15 is 0 Å². The van der Waals surface area contributed by atoms with Gasteiger partial charge in [0.25, 0.3) is 0 Å². The molecule has 0 aromatic carbocycles. The lowest BCUT2D eigenvalue weighted by molar-refractivity contribution is -0.147. The lowest BCUT2D eigenvalue weighted by atomic mass is 9.88. The van der Waals surface area contributed by atoms with Crippen LogP contribution < -0.4 is 10.6 Å². The zero-order valence-corrected chi connectivity index (χ0v) is 11.2. The molecule has 0 aromatic heterocycles. The number of methoxy groups -OCH3 is 1. The molecule has 2 N–H and O–H groups in total. The summed E-state index contributed by atoms with van der Waals surface area (Å²) in [6.07, 6.45) is 3.12. The highest BCUT2D eigenvalue weighted by Crippen LogP contribution is 2.33. The summed E-state index contributed by atoms with van der Waals surface area (Å²) >= 11 is 0. The zero-order chi connectivity index (χ0) is 13.3. The Morgan fingerprint density at radius 3 is 2.50 bits per heavy atom. The Hall–Kier alpha value is -1.10. The van der Waals surface area contributed by atoms with Crippen LogP contribution in [0.2, 0.25) is 0 Å². The van der Waals surface area contributed by atoms with Crippen molar-refractivity contribution in [3.63, 3.8) is 0 Å². The van der Waals surface area contributed by atoms with Crippen molar-refractivity contribution in [3.8, 4) is 0 Å². The van der Waals surface area contributed by atoms with Crippen molar-refractivity contribution < 1.29 is 14.3 Å². The van der Waals surface area contributed by atoms with Gasteiger partial charge in [-0.2, -0.15) is 0 Å². The van der Waals surface area contributed by atoms with Gasteiger partial charge in [0, 0.05) is 12.1 Å². The van der Waals surface area contributed by atoms with E-state index in [2.05, 4.69) is 10.6 Å². The number of carbonyl (C=O) groups is 2. The first-order valence-electron chi connectivity index (χ1n) is 6.67. The van der Waals surface area contributed by atoms with E-state index in [4.69, 9.17) is 4.74 Å². The number of carbonyl (C=O) groups excluding carboxylic acids is 2. The molecule has 2 saturated heterocycles. The minimum Gasteiger partial charge on any atom is -0.467 e. The molecular formula is C13H22N2O3. The second-order valence-corrected chi connectivity index (χ2v) is 5.64. The standard InChI is InChI=1S/C13H22N2O3/c1-7(2)11(13(17)18-3)15-12(16)9-6-8-4-5-10(9)14-8/h7-11,14H,4-6H2,1-3H3,(H,15,16). The van der Waals surface area contributed by atoms with Crippen LogP contribution in [0.1, 0.15) is 33.1 Å². The number of esters is 1. The molecule has 2 rings (SSSR count). The average molecular weight is 254 g/mol. The van der Waals surface area contributed by atoms with Crippen molar-refractivity contribution in [1.82, 2.24) is 10.6 Å². The van der Waals surface area contributed by atoms with Gasteiger partial charge in [0.05, 0.1) is 13.0 Å². The smallest absolute Gasteiger partial charge is 0.328 e. The van der Waals surface area contributed by atoms with Crippen molar-refractivity contribution in [3.05, 3.63) is 0 Å². The summed E-state index contributed by atoms with van der Waals surface area (Å²) in [5, 5.41) is 6.27. The molecule has 18 heavy (non-hydrogen) atoms. The predicted octanol–water partition coefficient (Wildman–Crippen LogP) is 0.441. The fourth-order valence-corrected chi connectivity index (χ4v) is 3.00. The number of rotatable bonds is 4. The van der Waals surface area contributed by atoms with Crippen LogP contribution in [0, 0.1) is 11.8 Å². The molecule has 0 radical (unpaired) electrons. The van der Waals surface area contributed by atoms with Crippen LogP contribution >= 0.6 is 0 Å². The largest absolute Gasteiger partial charge is 0.467 e. The summed E-state index contributed by atoms with van der Waals surface area (Å²) in [5.41, 5.74) is 0. The Morgan fingerprint density at radius 1 is 1.33 bits per heavy atom. The normalized spacial score (nSPS) is 31.4. The summed E-state index contributed by atoms with van der Waals surface area (Å²) in [6.45, 7) is 3.81. The van der Waals surface area contributed by atoms with E-state index in [1.807, 2.05) is 13.8 Å². The van der Waals surface area contributed by atoms with E-state index in [9.17, 15) is 9.59 Å². The van der Waals surface area contributed by atoms with Gasteiger partial charge in [-0.25, -0.2) is 4.79 Å². The molecule has 2 aliphatic heterocycles. The Morgan fingerprint density at radius 2 is 2.06 bits per heavy atom. The van der Waals surface area contributed by atoms with E-state index in [-0.39, 0.29) is 23.7 Å². The third kappa shape index (κ3) is 2.51. The number of amides is 1. The fourth-order valence-electron chi connectivity index (χ4n) is 3.00. The monoisotopic (exact) mass is 254 g/mol. The molecule has 1 amide bonds. The first kappa shape index (κ1) is 13.3. The Bertz CT molecular complexity index is 343.